The summed E-state index contributed by atoms with van der Waals surface area (Å²) in [6.07, 6.45) is 3.66. The fourth-order valence-corrected chi connectivity index (χ4v) is 3.43. The Kier molecular flexibility index (Phi) is 4.76. The Labute approximate surface area is 98.1 Å². The fourth-order valence-electron chi connectivity index (χ4n) is 2.21. The summed E-state index contributed by atoms with van der Waals surface area (Å²) in [5.74, 6) is 0.0310. The molecule has 0 aromatic rings. The molecule has 1 rings (SSSR count). The van der Waals surface area contributed by atoms with Crippen LogP contribution in [0.1, 0.15) is 52.4 Å². The van der Waals surface area contributed by atoms with Gasteiger partial charge in [-0.1, -0.05) is 26.7 Å². The van der Waals surface area contributed by atoms with Crippen LogP contribution in [0.5, 0.6) is 0 Å². The van der Waals surface area contributed by atoms with Gasteiger partial charge in [-0.25, -0.2) is 0 Å². The molecule has 1 fully saturated rings. The molecule has 0 spiro atoms. The van der Waals surface area contributed by atoms with Crippen molar-refractivity contribution in [2.24, 2.45) is 0 Å². The lowest BCUT2D eigenvalue weighted by molar-refractivity contribution is -0.0871. The van der Waals surface area contributed by atoms with Crippen molar-refractivity contribution < 1.29 is 17.7 Å². The average molecular weight is 250 g/mol. The first-order valence-corrected chi connectivity index (χ1v) is 7.64. The van der Waals surface area contributed by atoms with E-state index in [9.17, 15) is 13.5 Å². The van der Waals surface area contributed by atoms with E-state index in [0.717, 1.165) is 12.8 Å². The Bertz CT molecular complexity index is 312. The summed E-state index contributed by atoms with van der Waals surface area (Å²) in [6, 6.07) is 0. The van der Waals surface area contributed by atoms with Gasteiger partial charge in [0.1, 0.15) is 6.10 Å². The van der Waals surface area contributed by atoms with E-state index in [1.165, 1.54) is 0 Å². The Morgan fingerprint density at radius 2 is 2.06 bits per heavy atom. The van der Waals surface area contributed by atoms with Crippen LogP contribution < -0.4 is 0 Å². The van der Waals surface area contributed by atoms with Gasteiger partial charge in [-0.3, -0.25) is 4.18 Å². The zero-order valence-corrected chi connectivity index (χ0v) is 10.9. The van der Waals surface area contributed by atoms with E-state index in [-0.39, 0.29) is 5.75 Å². The third-order valence-electron chi connectivity index (χ3n) is 3.25. The highest BCUT2D eigenvalue weighted by Crippen LogP contribution is 2.34. The van der Waals surface area contributed by atoms with Crippen LogP contribution in [-0.4, -0.2) is 31.0 Å². The van der Waals surface area contributed by atoms with Crippen molar-refractivity contribution >= 4 is 10.1 Å². The summed E-state index contributed by atoms with van der Waals surface area (Å²) in [5.41, 5.74) is -0.959. The maximum Gasteiger partial charge on any atom is 0.267 e. The molecule has 1 aliphatic carbocycles. The highest BCUT2D eigenvalue weighted by molar-refractivity contribution is 7.86. The summed E-state index contributed by atoms with van der Waals surface area (Å²) in [7, 11) is -3.47. The molecule has 0 aromatic heterocycles. The van der Waals surface area contributed by atoms with Crippen molar-refractivity contribution in [1.29, 1.82) is 0 Å². The maximum absolute atomic E-state index is 11.6. The van der Waals surface area contributed by atoms with E-state index in [0.29, 0.717) is 25.7 Å². The van der Waals surface area contributed by atoms with Gasteiger partial charge in [-0.05, 0) is 25.7 Å². The second-order valence-corrected chi connectivity index (χ2v) is 6.27. The number of hydrogen-bond acceptors (Lipinski definition) is 4. The lowest BCUT2D eigenvalue weighted by atomic mass is 9.80. The SMILES string of the molecule is CCCS(=O)(=O)OC1CCCCC1(O)CC. The summed E-state index contributed by atoms with van der Waals surface area (Å²) in [5, 5.41) is 10.3. The monoisotopic (exact) mass is 250 g/mol. The molecule has 5 heteroatoms. The second-order valence-electron chi connectivity index (χ2n) is 4.55. The quantitative estimate of drug-likeness (QED) is 0.756. The molecule has 1 aliphatic rings. The first kappa shape index (κ1) is 13.9. The topological polar surface area (TPSA) is 63.6 Å². The van der Waals surface area contributed by atoms with E-state index < -0.39 is 21.8 Å². The average Bonchev–Trinajstić information content (AvgIpc) is 2.21. The van der Waals surface area contributed by atoms with Crippen LogP contribution >= 0.6 is 0 Å². The zero-order chi connectivity index (χ0) is 12.2. The normalized spacial score (nSPS) is 31.6. The molecule has 2 unspecified atom stereocenters. The van der Waals surface area contributed by atoms with Crippen LogP contribution in [0, 0.1) is 0 Å². The van der Waals surface area contributed by atoms with Gasteiger partial charge >= 0.3 is 0 Å². The molecule has 1 saturated carbocycles. The van der Waals surface area contributed by atoms with Crippen molar-refractivity contribution in [3.8, 4) is 0 Å². The summed E-state index contributed by atoms with van der Waals surface area (Å²) in [6.45, 7) is 3.67. The largest absolute Gasteiger partial charge is 0.387 e. The molecule has 0 radical (unpaired) electrons. The van der Waals surface area contributed by atoms with Crippen molar-refractivity contribution in [1.82, 2.24) is 0 Å². The maximum atomic E-state index is 11.6. The highest BCUT2D eigenvalue weighted by Gasteiger charge is 2.40. The molecular formula is C11H22O4S. The van der Waals surface area contributed by atoms with Crippen molar-refractivity contribution in [2.45, 2.75) is 64.1 Å². The van der Waals surface area contributed by atoms with E-state index in [4.69, 9.17) is 4.18 Å². The number of rotatable bonds is 5. The first-order chi connectivity index (χ1) is 7.43. The van der Waals surface area contributed by atoms with Gasteiger partial charge in [0.25, 0.3) is 10.1 Å². The molecule has 16 heavy (non-hydrogen) atoms. The van der Waals surface area contributed by atoms with Gasteiger partial charge in [0.05, 0.1) is 11.4 Å². The van der Waals surface area contributed by atoms with Gasteiger partial charge < -0.3 is 5.11 Å². The molecular weight excluding hydrogens is 228 g/mol. The lowest BCUT2D eigenvalue weighted by Gasteiger charge is -2.38. The van der Waals surface area contributed by atoms with E-state index in [1.807, 2.05) is 6.92 Å². The Balaban J connectivity index is 2.70. The lowest BCUT2D eigenvalue weighted by Crippen LogP contribution is -2.47. The van der Waals surface area contributed by atoms with Crippen LogP contribution in [0.3, 0.4) is 0 Å². The third-order valence-corrected chi connectivity index (χ3v) is 4.69. The minimum absolute atomic E-state index is 0.0310. The first-order valence-electron chi connectivity index (χ1n) is 6.07. The molecule has 0 aromatic carbocycles. The summed E-state index contributed by atoms with van der Waals surface area (Å²) >= 11 is 0. The zero-order valence-electron chi connectivity index (χ0n) is 10.1. The van der Waals surface area contributed by atoms with Crippen molar-refractivity contribution in [3.05, 3.63) is 0 Å². The van der Waals surface area contributed by atoms with Crippen molar-refractivity contribution in [2.75, 3.05) is 5.75 Å². The third kappa shape index (κ3) is 3.43. The van der Waals surface area contributed by atoms with Gasteiger partial charge in [-0.15, -0.1) is 0 Å². The van der Waals surface area contributed by atoms with Crippen LogP contribution in [0.15, 0.2) is 0 Å². The number of hydrogen-bond donors (Lipinski definition) is 1. The highest BCUT2D eigenvalue weighted by atomic mass is 32.2. The van der Waals surface area contributed by atoms with Gasteiger partial charge in [0.2, 0.25) is 0 Å². The predicted molar refractivity (Wildman–Crippen MR) is 62.7 cm³/mol. The molecule has 0 heterocycles. The molecule has 0 bridgehead atoms. The molecule has 0 amide bonds. The fraction of sp³-hybridized carbons (Fsp3) is 1.00. The van der Waals surface area contributed by atoms with E-state index in [2.05, 4.69) is 0 Å². The molecule has 0 saturated heterocycles. The summed E-state index contributed by atoms with van der Waals surface area (Å²) in [4.78, 5) is 0. The van der Waals surface area contributed by atoms with Gasteiger partial charge in [0, 0.05) is 0 Å². The molecule has 4 nitrogen and oxygen atoms in total. The van der Waals surface area contributed by atoms with Crippen LogP contribution in [-0.2, 0) is 14.3 Å². The molecule has 0 aliphatic heterocycles. The summed E-state index contributed by atoms with van der Waals surface area (Å²) < 4.78 is 28.3. The standard InChI is InChI=1S/C11H22O4S/c1-3-9-16(13,14)15-10-7-5-6-8-11(10,12)4-2/h10,12H,3-9H2,1-2H3. The van der Waals surface area contributed by atoms with Crippen LogP contribution in [0.4, 0.5) is 0 Å². The predicted octanol–water partition coefficient (Wildman–Crippen LogP) is 1.83. The van der Waals surface area contributed by atoms with E-state index in [1.54, 1.807) is 6.92 Å². The minimum atomic E-state index is -3.47. The van der Waals surface area contributed by atoms with Crippen LogP contribution in [0.25, 0.3) is 0 Å². The Morgan fingerprint density at radius 1 is 1.38 bits per heavy atom. The Morgan fingerprint density at radius 3 is 2.62 bits per heavy atom. The van der Waals surface area contributed by atoms with Crippen LogP contribution in [0.2, 0.25) is 0 Å². The number of aliphatic hydroxyl groups is 1. The Hall–Kier alpha value is -0.130. The van der Waals surface area contributed by atoms with Crippen molar-refractivity contribution in [3.63, 3.8) is 0 Å². The van der Waals surface area contributed by atoms with E-state index >= 15 is 0 Å². The van der Waals surface area contributed by atoms with Gasteiger partial charge in [0.15, 0.2) is 0 Å². The molecule has 1 N–H and O–H groups in total. The molecule has 2 atom stereocenters. The van der Waals surface area contributed by atoms with Gasteiger partial charge in [-0.2, -0.15) is 8.42 Å². The minimum Gasteiger partial charge on any atom is -0.387 e. The molecule has 96 valence electrons. The smallest absolute Gasteiger partial charge is 0.267 e. The second kappa shape index (κ2) is 5.47.